The van der Waals surface area contributed by atoms with Crippen molar-refractivity contribution in [1.29, 1.82) is 0 Å². The van der Waals surface area contributed by atoms with Crippen LogP contribution in [0.1, 0.15) is 37.0 Å². The minimum Gasteiger partial charge on any atom is -0.480 e. The molecule has 1 aromatic rings. The van der Waals surface area contributed by atoms with Crippen molar-refractivity contribution in [3.05, 3.63) is 38.9 Å². The van der Waals surface area contributed by atoms with Gasteiger partial charge in [-0.15, -0.1) is 0 Å². The van der Waals surface area contributed by atoms with Crippen LogP contribution in [-0.4, -0.2) is 27.4 Å². The summed E-state index contributed by atoms with van der Waals surface area (Å²) in [6.07, 6.45) is 0.787. The summed E-state index contributed by atoms with van der Waals surface area (Å²) in [6.45, 7) is 3.17. The number of carbonyl (C=O) groups excluding carboxylic acids is 1. The average molecular weight is 315 g/mol. The number of non-ortho nitro benzene ring substituents is 1. The number of carboxylic acids is 1. The van der Waals surface area contributed by atoms with Gasteiger partial charge in [-0.25, -0.2) is 4.79 Å². The molecule has 1 unspecified atom stereocenters. The van der Waals surface area contributed by atoms with E-state index in [1.54, 1.807) is 6.92 Å². The zero-order valence-electron chi connectivity index (χ0n) is 11.6. The molecule has 21 heavy (non-hydrogen) atoms. The Morgan fingerprint density at radius 1 is 1.43 bits per heavy atom. The summed E-state index contributed by atoms with van der Waals surface area (Å²) in [5, 5.41) is 22.4. The van der Waals surface area contributed by atoms with Gasteiger partial charge in [-0.05, 0) is 19.4 Å². The lowest BCUT2D eigenvalue weighted by atomic mass is 9.95. The third-order valence-electron chi connectivity index (χ3n) is 2.97. The Labute approximate surface area is 126 Å². The number of aliphatic carboxylic acids is 1. The number of benzene rings is 1. The highest BCUT2D eigenvalue weighted by Gasteiger charge is 2.34. The third kappa shape index (κ3) is 4.16. The Morgan fingerprint density at radius 3 is 2.52 bits per heavy atom. The van der Waals surface area contributed by atoms with Crippen LogP contribution in [0, 0.1) is 10.1 Å². The second kappa shape index (κ2) is 6.53. The lowest BCUT2D eigenvalue weighted by molar-refractivity contribution is -0.384. The van der Waals surface area contributed by atoms with Gasteiger partial charge in [-0.1, -0.05) is 24.9 Å². The molecule has 1 rings (SSSR count). The van der Waals surface area contributed by atoms with Crippen molar-refractivity contribution in [1.82, 2.24) is 5.32 Å². The van der Waals surface area contributed by atoms with Crippen molar-refractivity contribution < 1.29 is 19.6 Å². The first-order valence-electron chi connectivity index (χ1n) is 6.20. The second-order valence-corrected chi connectivity index (χ2v) is 5.23. The van der Waals surface area contributed by atoms with E-state index < -0.39 is 22.3 Å². The van der Waals surface area contributed by atoms with Crippen LogP contribution in [0.15, 0.2) is 18.2 Å². The molecule has 0 saturated heterocycles. The number of nitro benzene ring substituents is 1. The Morgan fingerprint density at radius 2 is 2.05 bits per heavy atom. The molecule has 7 nitrogen and oxygen atoms in total. The molecular weight excluding hydrogens is 300 g/mol. The molecule has 0 spiro atoms. The van der Waals surface area contributed by atoms with E-state index in [1.807, 2.05) is 0 Å². The fraction of sp³-hybridized carbons (Fsp3) is 0.385. The van der Waals surface area contributed by atoms with Crippen LogP contribution >= 0.6 is 11.6 Å². The monoisotopic (exact) mass is 314 g/mol. The summed E-state index contributed by atoms with van der Waals surface area (Å²) in [7, 11) is 0. The van der Waals surface area contributed by atoms with Crippen LogP contribution in [0.3, 0.4) is 0 Å². The smallest absolute Gasteiger partial charge is 0.329 e. The SMILES string of the molecule is CCCC(C)(NC(=O)c1cc(Cl)cc([N+](=O)[O-])c1)C(=O)O. The number of nitrogens with one attached hydrogen (secondary N) is 1. The Kier molecular flexibility index (Phi) is 5.26. The molecular formula is C13H15ClN2O5. The van der Waals surface area contributed by atoms with E-state index in [-0.39, 0.29) is 22.7 Å². The molecule has 0 bridgehead atoms. The van der Waals surface area contributed by atoms with Gasteiger partial charge in [0.05, 0.1) is 4.92 Å². The molecule has 0 aliphatic carbocycles. The first-order chi connectivity index (χ1) is 9.69. The third-order valence-corrected chi connectivity index (χ3v) is 3.19. The lowest BCUT2D eigenvalue weighted by Gasteiger charge is -2.25. The normalized spacial score (nSPS) is 13.3. The summed E-state index contributed by atoms with van der Waals surface area (Å²) in [5.41, 5.74) is -1.83. The molecule has 0 aliphatic heterocycles. The van der Waals surface area contributed by atoms with Gasteiger partial charge in [-0.2, -0.15) is 0 Å². The number of nitrogens with zero attached hydrogens (tertiary/aromatic N) is 1. The molecule has 1 aromatic carbocycles. The standard InChI is InChI=1S/C13H15ClN2O5/c1-3-4-13(2,12(18)19)15-11(17)8-5-9(14)7-10(6-8)16(20)21/h5-7H,3-4H2,1-2H3,(H,15,17)(H,18,19). The van der Waals surface area contributed by atoms with Gasteiger partial charge in [0, 0.05) is 22.7 Å². The second-order valence-electron chi connectivity index (χ2n) is 4.80. The number of carbonyl (C=O) groups is 2. The molecule has 0 saturated carbocycles. The number of rotatable bonds is 6. The molecule has 0 heterocycles. The van der Waals surface area contributed by atoms with Crippen LogP contribution in [0.5, 0.6) is 0 Å². The highest BCUT2D eigenvalue weighted by Crippen LogP contribution is 2.22. The molecule has 0 aliphatic rings. The zero-order valence-corrected chi connectivity index (χ0v) is 12.3. The fourth-order valence-corrected chi connectivity index (χ4v) is 2.09. The maximum atomic E-state index is 12.1. The molecule has 114 valence electrons. The maximum Gasteiger partial charge on any atom is 0.329 e. The highest BCUT2D eigenvalue weighted by atomic mass is 35.5. The summed E-state index contributed by atoms with van der Waals surface area (Å²) in [5.74, 6) is -1.90. The summed E-state index contributed by atoms with van der Waals surface area (Å²) < 4.78 is 0. The Hall–Kier alpha value is -2.15. The van der Waals surface area contributed by atoms with Gasteiger partial charge in [-0.3, -0.25) is 14.9 Å². The van der Waals surface area contributed by atoms with Gasteiger partial charge < -0.3 is 10.4 Å². The molecule has 1 amide bonds. The summed E-state index contributed by atoms with van der Waals surface area (Å²) >= 11 is 5.73. The van der Waals surface area contributed by atoms with Crippen molar-refractivity contribution in [3.63, 3.8) is 0 Å². The first kappa shape index (κ1) is 16.9. The van der Waals surface area contributed by atoms with Gasteiger partial charge in [0.1, 0.15) is 5.54 Å². The minimum absolute atomic E-state index is 0.0295. The van der Waals surface area contributed by atoms with Gasteiger partial charge in [0.15, 0.2) is 0 Å². The van der Waals surface area contributed by atoms with Gasteiger partial charge >= 0.3 is 5.97 Å². The number of nitro groups is 1. The van der Waals surface area contributed by atoms with E-state index >= 15 is 0 Å². The van der Waals surface area contributed by atoms with Crippen molar-refractivity contribution in [3.8, 4) is 0 Å². The van der Waals surface area contributed by atoms with Crippen LogP contribution in [0.4, 0.5) is 5.69 Å². The molecule has 0 fully saturated rings. The van der Waals surface area contributed by atoms with Crippen molar-refractivity contribution in [2.45, 2.75) is 32.2 Å². The quantitative estimate of drug-likeness (QED) is 0.619. The number of carboxylic acid groups (broad SMARTS) is 1. The summed E-state index contributed by atoms with van der Waals surface area (Å²) in [6, 6.07) is 3.41. The Bertz CT molecular complexity index is 590. The van der Waals surface area contributed by atoms with Crippen molar-refractivity contribution >= 4 is 29.2 Å². The minimum atomic E-state index is -1.44. The first-order valence-corrected chi connectivity index (χ1v) is 6.58. The van der Waals surface area contributed by atoms with Crippen molar-refractivity contribution in [2.24, 2.45) is 0 Å². The topological polar surface area (TPSA) is 110 Å². The van der Waals surface area contributed by atoms with Gasteiger partial charge in [0.2, 0.25) is 0 Å². The number of hydrogen-bond donors (Lipinski definition) is 2. The molecule has 0 radical (unpaired) electrons. The number of halogens is 1. The largest absolute Gasteiger partial charge is 0.480 e. The van der Waals surface area contributed by atoms with E-state index in [9.17, 15) is 24.8 Å². The number of hydrogen-bond acceptors (Lipinski definition) is 4. The van der Waals surface area contributed by atoms with Crippen LogP contribution < -0.4 is 5.32 Å². The van der Waals surface area contributed by atoms with Crippen LogP contribution in [0.2, 0.25) is 5.02 Å². The summed E-state index contributed by atoms with van der Waals surface area (Å²) in [4.78, 5) is 33.5. The van der Waals surface area contributed by atoms with E-state index in [2.05, 4.69) is 5.32 Å². The van der Waals surface area contributed by atoms with Crippen molar-refractivity contribution in [2.75, 3.05) is 0 Å². The maximum absolute atomic E-state index is 12.1. The molecule has 1 atom stereocenters. The predicted octanol–water partition coefficient (Wildman–Crippen LogP) is 2.62. The zero-order chi connectivity index (χ0) is 16.2. The van der Waals surface area contributed by atoms with E-state index in [1.165, 1.54) is 13.0 Å². The fourth-order valence-electron chi connectivity index (χ4n) is 1.86. The van der Waals surface area contributed by atoms with E-state index in [0.717, 1.165) is 12.1 Å². The predicted molar refractivity (Wildman–Crippen MR) is 76.5 cm³/mol. The van der Waals surface area contributed by atoms with E-state index in [4.69, 9.17) is 11.6 Å². The van der Waals surface area contributed by atoms with Crippen LogP contribution in [-0.2, 0) is 4.79 Å². The average Bonchev–Trinajstić information content (AvgIpc) is 2.37. The Balaban J connectivity index is 3.08. The highest BCUT2D eigenvalue weighted by molar-refractivity contribution is 6.31. The number of amides is 1. The van der Waals surface area contributed by atoms with Gasteiger partial charge in [0.25, 0.3) is 11.6 Å². The molecule has 2 N–H and O–H groups in total. The molecule has 8 heteroatoms. The van der Waals surface area contributed by atoms with Crippen LogP contribution in [0.25, 0.3) is 0 Å². The lowest BCUT2D eigenvalue weighted by Crippen LogP contribution is -2.52. The van der Waals surface area contributed by atoms with E-state index in [0.29, 0.717) is 6.42 Å². The molecule has 0 aromatic heterocycles.